The average molecular weight is 434 g/mol. The number of hydrogen-bond acceptors (Lipinski definition) is 5. The minimum absolute atomic E-state index is 0.542. The third-order valence-electron chi connectivity index (χ3n) is 5.79. The van der Waals surface area contributed by atoms with E-state index < -0.39 is 0 Å². The van der Waals surface area contributed by atoms with E-state index in [-0.39, 0.29) is 0 Å². The molecule has 0 spiro atoms. The number of thiophene rings is 1. The molecule has 3 aromatic carbocycles. The van der Waals surface area contributed by atoms with Gasteiger partial charge in [-0.1, -0.05) is 66.7 Å². The Morgan fingerprint density at radius 3 is 2.25 bits per heavy atom. The van der Waals surface area contributed by atoms with Crippen LogP contribution in [0.15, 0.2) is 84.9 Å². The van der Waals surface area contributed by atoms with E-state index in [0.717, 1.165) is 59.3 Å². The summed E-state index contributed by atoms with van der Waals surface area (Å²) in [6.45, 7) is 0. The van der Waals surface area contributed by atoms with Crippen LogP contribution in [-0.2, 0) is 0 Å². The Hall–Kier alpha value is -3.96. The standard InChI is InChI=1S/C27H19N3OS/c1-31-18-13-11-16(12-14-18)21-15-22(17-7-3-2-4-8-17)29-27-23(21)24-25(32-27)19-9-5-6-10-20(19)26(28)30-24/h2-15H,1H3,(H2,28,30). The Kier molecular flexibility index (Phi) is 4.30. The van der Waals surface area contributed by atoms with E-state index in [4.69, 9.17) is 20.4 Å². The first-order chi connectivity index (χ1) is 15.7. The third-order valence-corrected chi connectivity index (χ3v) is 6.89. The maximum atomic E-state index is 6.38. The molecule has 0 aliphatic rings. The number of anilines is 1. The van der Waals surface area contributed by atoms with Crippen molar-refractivity contribution in [2.24, 2.45) is 0 Å². The van der Waals surface area contributed by atoms with Crippen molar-refractivity contribution in [3.05, 3.63) is 84.9 Å². The summed E-state index contributed by atoms with van der Waals surface area (Å²) in [7, 11) is 1.68. The molecule has 0 amide bonds. The molecule has 0 saturated heterocycles. The van der Waals surface area contributed by atoms with Crippen molar-refractivity contribution in [2.75, 3.05) is 12.8 Å². The molecule has 3 heterocycles. The van der Waals surface area contributed by atoms with E-state index in [1.807, 2.05) is 48.5 Å². The number of hydrogen-bond donors (Lipinski definition) is 1. The van der Waals surface area contributed by atoms with Crippen LogP contribution in [0.5, 0.6) is 5.75 Å². The van der Waals surface area contributed by atoms with Gasteiger partial charge in [-0.2, -0.15) is 0 Å². The average Bonchev–Trinajstić information content (AvgIpc) is 3.23. The largest absolute Gasteiger partial charge is 0.497 e. The summed E-state index contributed by atoms with van der Waals surface area (Å²) in [5, 5.41) is 3.12. The number of rotatable bonds is 3. The van der Waals surface area contributed by atoms with Crippen LogP contribution >= 0.6 is 11.3 Å². The molecule has 0 fully saturated rings. The van der Waals surface area contributed by atoms with Gasteiger partial charge in [0.2, 0.25) is 0 Å². The highest BCUT2D eigenvalue weighted by atomic mass is 32.1. The monoisotopic (exact) mass is 433 g/mol. The number of fused-ring (bicyclic) bond motifs is 5. The minimum atomic E-state index is 0.542. The maximum Gasteiger partial charge on any atom is 0.132 e. The van der Waals surface area contributed by atoms with Crippen LogP contribution in [0, 0.1) is 0 Å². The first-order valence-electron chi connectivity index (χ1n) is 10.3. The first kappa shape index (κ1) is 18.8. The van der Waals surface area contributed by atoms with Crippen LogP contribution in [0.25, 0.3) is 53.6 Å². The number of pyridine rings is 2. The van der Waals surface area contributed by atoms with Crippen LogP contribution in [0.2, 0.25) is 0 Å². The maximum absolute atomic E-state index is 6.38. The number of nitrogens with zero attached hydrogens (tertiary/aromatic N) is 2. The molecule has 32 heavy (non-hydrogen) atoms. The Morgan fingerprint density at radius 2 is 1.50 bits per heavy atom. The lowest BCUT2D eigenvalue weighted by molar-refractivity contribution is 0.415. The molecule has 0 unspecified atom stereocenters. The van der Waals surface area contributed by atoms with Crippen molar-refractivity contribution in [2.45, 2.75) is 0 Å². The lowest BCUT2D eigenvalue weighted by Crippen LogP contribution is -1.93. The van der Waals surface area contributed by atoms with Crippen LogP contribution in [0.3, 0.4) is 0 Å². The molecule has 4 nitrogen and oxygen atoms in total. The van der Waals surface area contributed by atoms with Crippen LogP contribution < -0.4 is 10.5 Å². The first-order valence-corrected chi connectivity index (χ1v) is 11.2. The fraction of sp³-hybridized carbons (Fsp3) is 0.0370. The van der Waals surface area contributed by atoms with Gasteiger partial charge < -0.3 is 10.5 Å². The summed E-state index contributed by atoms with van der Waals surface area (Å²) < 4.78 is 6.47. The summed E-state index contributed by atoms with van der Waals surface area (Å²) in [5.41, 5.74) is 11.5. The number of aromatic nitrogens is 2. The predicted octanol–water partition coefficient (Wildman–Crippen LogP) is 6.92. The predicted molar refractivity (Wildman–Crippen MR) is 134 cm³/mol. The smallest absolute Gasteiger partial charge is 0.132 e. The van der Waals surface area contributed by atoms with Crippen LogP contribution in [0.4, 0.5) is 5.82 Å². The Morgan fingerprint density at radius 1 is 0.781 bits per heavy atom. The Bertz CT molecular complexity index is 1610. The molecule has 0 bridgehead atoms. The summed E-state index contributed by atoms with van der Waals surface area (Å²) >= 11 is 1.67. The van der Waals surface area contributed by atoms with Crippen molar-refractivity contribution in [3.8, 4) is 28.1 Å². The van der Waals surface area contributed by atoms with E-state index in [1.165, 1.54) is 0 Å². The number of nitrogens with two attached hydrogens (primary N) is 1. The number of ether oxygens (including phenoxy) is 1. The Labute approximate surface area is 188 Å². The van der Waals surface area contributed by atoms with E-state index in [0.29, 0.717) is 5.82 Å². The van der Waals surface area contributed by atoms with E-state index in [1.54, 1.807) is 18.4 Å². The van der Waals surface area contributed by atoms with E-state index >= 15 is 0 Å². The van der Waals surface area contributed by atoms with Crippen molar-refractivity contribution in [1.29, 1.82) is 0 Å². The van der Waals surface area contributed by atoms with Crippen LogP contribution in [0.1, 0.15) is 0 Å². The second-order valence-electron chi connectivity index (χ2n) is 7.65. The number of benzene rings is 3. The second kappa shape index (κ2) is 7.32. The minimum Gasteiger partial charge on any atom is -0.497 e. The molecule has 0 aliphatic carbocycles. The van der Waals surface area contributed by atoms with Gasteiger partial charge in [0.1, 0.15) is 16.4 Å². The SMILES string of the molecule is COc1ccc(-c2cc(-c3ccccc3)nc3sc4c5ccccc5c(N)nc4c23)cc1. The highest BCUT2D eigenvalue weighted by Gasteiger charge is 2.19. The van der Waals surface area contributed by atoms with Crippen LogP contribution in [-0.4, -0.2) is 17.1 Å². The quantitative estimate of drug-likeness (QED) is 0.329. The molecule has 2 N–H and O–H groups in total. The van der Waals surface area contributed by atoms with Gasteiger partial charge in [-0.3, -0.25) is 0 Å². The zero-order valence-corrected chi connectivity index (χ0v) is 18.2. The normalized spacial score (nSPS) is 11.4. The molecule has 6 rings (SSSR count). The van der Waals surface area contributed by atoms with Crippen molar-refractivity contribution < 1.29 is 4.74 Å². The number of methoxy groups -OCH3 is 1. The number of nitrogen functional groups attached to an aromatic ring is 1. The van der Waals surface area contributed by atoms with Crippen molar-refractivity contribution in [3.63, 3.8) is 0 Å². The molecule has 6 aromatic rings. The van der Waals surface area contributed by atoms with E-state index in [9.17, 15) is 0 Å². The Balaban J connectivity index is 1.74. The van der Waals surface area contributed by atoms with Gasteiger partial charge in [-0.25, -0.2) is 9.97 Å². The lowest BCUT2D eigenvalue weighted by Gasteiger charge is -2.09. The highest BCUT2D eigenvalue weighted by molar-refractivity contribution is 7.26. The van der Waals surface area contributed by atoms with Gasteiger partial charge in [0.05, 0.1) is 23.0 Å². The van der Waals surface area contributed by atoms with E-state index in [2.05, 4.69) is 36.4 Å². The molecule has 0 radical (unpaired) electrons. The zero-order chi connectivity index (χ0) is 21.7. The zero-order valence-electron chi connectivity index (χ0n) is 17.4. The summed E-state index contributed by atoms with van der Waals surface area (Å²) in [5.74, 6) is 1.37. The van der Waals surface area contributed by atoms with Gasteiger partial charge in [0.15, 0.2) is 0 Å². The molecule has 154 valence electrons. The molecule has 3 aromatic heterocycles. The molecule has 0 aliphatic heterocycles. The van der Waals surface area contributed by atoms with Gasteiger partial charge in [-0.15, -0.1) is 11.3 Å². The third kappa shape index (κ3) is 2.90. The highest BCUT2D eigenvalue weighted by Crippen LogP contribution is 2.43. The topological polar surface area (TPSA) is 61.0 Å². The fourth-order valence-corrected chi connectivity index (χ4v) is 5.39. The van der Waals surface area contributed by atoms with Gasteiger partial charge in [0, 0.05) is 21.7 Å². The summed E-state index contributed by atoms with van der Waals surface area (Å²) in [4.78, 5) is 10.8. The fourth-order valence-electron chi connectivity index (χ4n) is 4.21. The van der Waals surface area contributed by atoms with Gasteiger partial charge in [-0.05, 0) is 29.3 Å². The van der Waals surface area contributed by atoms with Crippen molar-refractivity contribution >= 4 is 48.4 Å². The molecule has 0 saturated carbocycles. The molecule has 0 atom stereocenters. The molecular weight excluding hydrogens is 414 g/mol. The summed E-state index contributed by atoms with van der Waals surface area (Å²) in [6.07, 6.45) is 0. The summed E-state index contributed by atoms with van der Waals surface area (Å²) in [6, 6.07) is 28.7. The lowest BCUT2D eigenvalue weighted by atomic mass is 9.99. The van der Waals surface area contributed by atoms with Crippen molar-refractivity contribution in [1.82, 2.24) is 9.97 Å². The molecular formula is C27H19N3OS. The van der Waals surface area contributed by atoms with Gasteiger partial charge >= 0.3 is 0 Å². The molecule has 5 heteroatoms. The van der Waals surface area contributed by atoms with Gasteiger partial charge in [0.25, 0.3) is 0 Å². The second-order valence-corrected chi connectivity index (χ2v) is 8.65.